The monoisotopic (exact) mass is 278 g/mol. The first-order chi connectivity index (χ1) is 8.68. The molecule has 0 unspecified atom stereocenters. The van der Waals surface area contributed by atoms with E-state index in [1.165, 1.54) is 0 Å². The average molecular weight is 279 g/mol. The van der Waals surface area contributed by atoms with E-state index < -0.39 is 0 Å². The van der Waals surface area contributed by atoms with Gasteiger partial charge in [-0.15, -0.1) is 0 Å². The van der Waals surface area contributed by atoms with E-state index in [2.05, 4.69) is 17.8 Å². The van der Waals surface area contributed by atoms with Crippen molar-refractivity contribution in [3.05, 3.63) is 64.7 Å². The van der Waals surface area contributed by atoms with Crippen LogP contribution in [-0.4, -0.2) is 0 Å². The molecule has 0 spiro atoms. The van der Waals surface area contributed by atoms with E-state index in [1.54, 1.807) is 0 Å². The van der Waals surface area contributed by atoms with Gasteiger partial charge in [0.1, 0.15) is 4.49 Å². The topological polar surface area (TPSA) is 12.0 Å². The number of hydrogen-bond donors (Lipinski definition) is 1. The number of rotatable bonds is 3. The fraction of sp³-hybridized carbons (Fsp3) is 0.133. The van der Waals surface area contributed by atoms with Crippen molar-refractivity contribution < 1.29 is 0 Å². The van der Waals surface area contributed by atoms with Crippen LogP contribution in [0, 0.1) is 6.42 Å². The molecular formula is C15H14Cl2N. The molecular weight excluding hydrogens is 265 g/mol. The summed E-state index contributed by atoms with van der Waals surface area (Å²) in [5, 5.41) is 3.39. The van der Waals surface area contributed by atoms with Crippen LogP contribution in [0.2, 0.25) is 0 Å². The second-order valence-electron chi connectivity index (χ2n) is 4.05. The van der Waals surface area contributed by atoms with Crippen molar-refractivity contribution in [3.63, 3.8) is 0 Å². The zero-order valence-corrected chi connectivity index (χ0v) is 11.6. The summed E-state index contributed by atoms with van der Waals surface area (Å²) in [4.78, 5) is 0. The summed E-state index contributed by atoms with van der Waals surface area (Å²) < 4.78 is 0.297. The Bertz CT molecular complexity index is 523. The lowest BCUT2D eigenvalue weighted by Gasteiger charge is -2.14. The Hall–Kier alpha value is -1.18. The van der Waals surface area contributed by atoms with Gasteiger partial charge in [0.25, 0.3) is 0 Å². The first-order valence-corrected chi connectivity index (χ1v) is 6.52. The Balaban J connectivity index is 2.31. The summed E-state index contributed by atoms with van der Waals surface area (Å²) in [6, 6.07) is 7.98. The number of benzene rings is 1. The van der Waals surface area contributed by atoms with Crippen molar-refractivity contribution in [2.45, 2.75) is 13.3 Å². The minimum Gasteiger partial charge on any atom is -0.355 e. The van der Waals surface area contributed by atoms with Crippen LogP contribution in [0.3, 0.4) is 0 Å². The van der Waals surface area contributed by atoms with E-state index in [9.17, 15) is 0 Å². The largest absolute Gasteiger partial charge is 0.355 e. The Morgan fingerprint density at radius 3 is 2.67 bits per heavy atom. The quantitative estimate of drug-likeness (QED) is 0.790. The molecule has 1 radical (unpaired) electrons. The third kappa shape index (κ3) is 3.18. The second-order valence-corrected chi connectivity index (χ2v) is 5.00. The molecule has 1 N–H and O–H groups in total. The fourth-order valence-corrected chi connectivity index (χ4v) is 1.99. The van der Waals surface area contributed by atoms with Crippen LogP contribution >= 0.6 is 23.2 Å². The third-order valence-corrected chi connectivity index (χ3v) is 3.35. The molecule has 3 heteroatoms. The zero-order chi connectivity index (χ0) is 13.0. The number of para-hydroxylation sites is 1. The molecule has 0 atom stereocenters. The maximum Gasteiger partial charge on any atom is 0.110 e. The van der Waals surface area contributed by atoms with Crippen LogP contribution in [0.1, 0.15) is 18.9 Å². The molecule has 2 rings (SSSR count). The Morgan fingerprint density at radius 1 is 1.22 bits per heavy atom. The van der Waals surface area contributed by atoms with E-state index in [4.69, 9.17) is 23.2 Å². The Labute approximate surface area is 118 Å². The molecule has 0 aromatic heterocycles. The molecule has 0 aliphatic heterocycles. The van der Waals surface area contributed by atoms with Crippen molar-refractivity contribution in [1.29, 1.82) is 0 Å². The molecule has 18 heavy (non-hydrogen) atoms. The van der Waals surface area contributed by atoms with Crippen LogP contribution in [0.4, 0.5) is 5.69 Å². The van der Waals surface area contributed by atoms with Gasteiger partial charge in [-0.2, -0.15) is 0 Å². The van der Waals surface area contributed by atoms with Crippen LogP contribution in [0.5, 0.6) is 0 Å². The van der Waals surface area contributed by atoms with Crippen LogP contribution in [0.25, 0.3) is 5.57 Å². The van der Waals surface area contributed by atoms with Gasteiger partial charge in [0.2, 0.25) is 0 Å². The molecule has 1 aromatic carbocycles. The lowest BCUT2D eigenvalue weighted by Crippen LogP contribution is -2.01. The standard InChI is InChI=1S/C15H14Cl2N/c1-11(15(16)17)13-9-5-6-10-14(13)18-12-7-3-2-4-8-12/h2-3,5-10,18H,4H2,1H3. The summed E-state index contributed by atoms with van der Waals surface area (Å²) in [6.45, 7) is 1.91. The van der Waals surface area contributed by atoms with E-state index >= 15 is 0 Å². The molecule has 0 saturated carbocycles. The zero-order valence-electron chi connectivity index (χ0n) is 10.1. The SMILES string of the molecule is CC(=C(Cl)Cl)c1ccccc1NC1=CC[CH]C=C1. The number of anilines is 1. The predicted octanol–water partition coefficient (Wildman–Crippen LogP) is 5.31. The van der Waals surface area contributed by atoms with Crippen molar-refractivity contribution >= 4 is 34.5 Å². The maximum atomic E-state index is 5.86. The summed E-state index contributed by atoms with van der Waals surface area (Å²) in [6.07, 6.45) is 9.28. The van der Waals surface area contributed by atoms with Crippen molar-refractivity contribution in [2.75, 3.05) is 5.32 Å². The molecule has 0 amide bonds. The van der Waals surface area contributed by atoms with E-state index in [0.29, 0.717) is 4.49 Å². The molecule has 1 aliphatic rings. The predicted molar refractivity (Wildman–Crippen MR) is 80.5 cm³/mol. The van der Waals surface area contributed by atoms with Gasteiger partial charge >= 0.3 is 0 Å². The van der Waals surface area contributed by atoms with E-state index in [-0.39, 0.29) is 0 Å². The van der Waals surface area contributed by atoms with Gasteiger partial charge in [0, 0.05) is 16.9 Å². The lowest BCUT2D eigenvalue weighted by atomic mass is 10.1. The van der Waals surface area contributed by atoms with Crippen LogP contribution in [-0.2, 0) is 0 Å². The molecule has 1 nitrogen and oxygen atoms in total. The van der Waals surface area contributed by atoms with Gasteiger partial charge < -0.3 is 5.32 Å². The van der Waals surface area contributed by atoms with Gasteiger partial charge in [-0.1, -0.05) is 53.6 Å². The molecule has 93 valence electrons. The minimum absolute atomic E-state index is 0.297. The van der Waals surface area contributed by atoms with Crippen molar-refractivity contribution in [2.24, 2.45) is 0 Å². The second kappa shape index (κ2) is 6.12. The van der Waals surface area contributed by atoms with Crippen molar-refractivity contribution in [3.8, 4) is 0 Å². The highest BCUT2D eigenvalue weighted by molar-refractivity contribution is 6.58. The summed E-state index contributed by atoms with van der Waals surface area (Å²) in [7, 11) is 0. The van der Waals surface area contributed by atoms with Gasteiger partial charge in [0.15, 0.2) is 0 Å². The summed E-state index contributed by atoms with van der Waals surface area (Å²) in [5.74, 6) is 0. The minimum atomic E-state index is 0.297. The summed E-state index contributed by atoms with van der Waals surface area (Å²) in [5.41, 5.74) is 3.98. The van der Waals surface area contributed by atoms with Crippen LogP contribution in [0.15, 0.2) is 52.7 Å². The highest BCUT2D eigenvalue weighted by atomic mass is 35.5. The highest BCUT2D eigenvalue weighted by Crippen LogP contribution is 2.30. The summed E-state index contributed by atoms with van der Waals surface area (Å²) >= 11 is 11.7. The molecule has 0 heterocycles. The highest BCUT2D eigenvalue weighted by Gasteiger charge is 2.07. The number of nitrogens with one attached hydrogen (secondary N) is 1. The molecule has 0 saturated heterocycles. The third-order valence-electron chi connectivity index (χ3n) is 2.78. The maximum absolute atomic E-state index is 5.86. The van der Waals surface area contributed by atoms with Gasteiger partial charge in [-0.3, -0.25) is 0 Å². The van der Waals surface area contributed by atoms with E-state index in [1.807, 2.05) is 43.3 Å². The van der Waals surface area contributed by atoms with Gasteiger partial charge in [-0.05, 0) is 37.5 Å². The molecule has 0 fully saturated rings. The Kier molecular flexibility index (Phi) is 4.51. The van der Waals surface area contributed by atoms with Crippen LogP contribution < -0.4 is 5.32 Å². The van der Waals surface area contributed by atoms with Gasteiger partial charge in [-0.25, -0.2) is 0 Å². The van der Waals surface area contributed by atoms with Gasteiger partial charge in [0.05, 0.1) is 0 Å². The number of allylic oxidation sites excluding steroid dienone is 4. The Morgan fingerprint density at radius 2 is 2.00 bits per heavy atom. The normalized spacial score (nSPS) is 14.1. The lowest BCUT2D eigenvalue weighted by molar-refractivity contribution is 1.22. The average Bonchev–Trinajstić information content (AvgIpc) is 2.39. The van der Waals surface area contributed by atoms with E-state index in [0.717, 1.165) is 28.9 Å². The smallest absolute Gasteiger partial charge is 0.110 e. The molecule has 1 aliphatic carbocycles. The fourth-order valence-electron chi connectivity index (χ4n) is 1.78. The van der Waals surface area contributed by atoms with Crippen molar-refractivity contribution in [1.82, 2.24) is 0 Å². The first-order valence-electron chi connectivity index (χ1n) is 5.77. The molecule has 1 aromatic rings. The molecule has 0 bridgehead atoms. The number of hydrogen-bond acceptors (Lipinski definition) is 1. The number of halogens is 2. The first kappa shape index (κ1) is 13.3.